The summed E-state index contributed by atoms with van der Waals surface area (Å²) in [5, 5.41) is 12.1. The molecule has 0 aliphatic rings. The lowest BCUT2D eigenvalue weighted by atomic mass is 9.91. The van der Waals surface area contributed by atoms with E-state index in [9.17, 15) is 18.7 Å². The molecule has 19 heavy (non-hydrogen) atoms. The first kappa shape index (κ1) is 15.1. The molecule has 1 aromatic rings. The lowest BCUT2D eigenvalue weighted by Gasteiger charge is -2.28. The molecule has 0 heterocycles. The molecule has 0 aromatic heterocycles. The molecule has 0 spiro atoms. The normalized spacial score (nSPS) is 13.9. The second kappa shape index (κ2) is 6.29. The maximum atomic E-state index is 12.3. The van der Waals surface area contributed by atoms with Gasteiger partial charge in [-0.2, -0.15) is 8.78 Å². The number of carboxylic acids is 1. The molecular formula is C13H15F2NO3. The van der Waals surface area contributed by atoms with Gasteiger partial charge in [0, 0.05) is 12.1 Å². The minimum absolute atomic E-state index is 0.129. The molecule has 0 amide bonds. The van der Waals surface area contributed by atoms with Crippen molar-refractivity contribution in [3.8, 4) is 5.75 Å². The van der Waals surface area contributed by atoms with Crippen LogP contribution in [0.2, 0.25) is 0 Å². The van der Waals surface area contributed by atoms with Crippen molar-refractivity contribution in [2.24, 2.45) is 0 Å². The highest BCUT2D eigenvalue weighted by Crippen LogP contribution is 2.31. The Kier molecular flexibility index (Phi) is 5.00. The number of hydrogen-bond acceptors (Lipinski definition) is 3. The molecule has 0 fully saturated rings. The van der Waals surface area contributed by atoms with Crippen molar-refractivity contribution in [2.75, 3.05) is 6.54 Å². The van der Waals surface area contributed by atoms with E-state index >= 15 is 0 Å². The van der Waals surface area contributed by atoms with Crippen LogP contribution in [0.3, 0.4) is 0 Å². The lowest BCUT2D eigenvalue weighted by molar-refractivity contribution is -0.144. The van der Waals surface area contributed by atoms with Crippen LogP contribution in [-0.4, -0.2) is 24.2 Å². The average molecular weight is 271 g/mol. The highest BCUT2D eigenvalue weighted by molar-refractivity contribution is 5.81. The van der Waals surface area contributed by atoms with E-state index in [1.54, 1.807) is 6.07 Å². The van der Waals surface area contributed by atoms with Crippen molar-refractivity contribution in [1.82, 2.24) is 5.32 Å². The highest BCUT2D eigenvalue weighted by atomic mass is 19.3. The van der Waals surface area contributed by atoms with Crippen LogP contribution in [0.4, 0.5) is 8.78 Å². The monoisotopic (exact) mass is 271 g/mol. The zero-order chi connectivity index (χ0) is 14.5. The fourth-order valence-electron chi connectivity index (χ4n) is 1.64. The van der Waals surface area contributed by atoms with Crippen LogP contribution in [0.25, 0.3) is 0 Å². The smallest absolute Gasteiger partial charge is 0.387 e. The predicted molar refractivity (Wildman–Crippen MR) is 66.3 cm³/mol. The van der Waals surface area contributed by atoms with Crippen LogP contribution in [-0.2, 0) is 10.3 Å². The number of carbonyl (C=O) groups is 1. The lowest BCUT2D eigenvalue weighted by Crippen LogP contribution is -2.47. The van der Waals surface area contributed by atoms with E-state index in [0.29, 0.717) is 0 Å². The molecule has 0 saturated heterocycles. The van der Waals surface area contributed by atoms with E-state index in [0.717, 1.165) is 0 Å². The molecule has 1 rings (SSSR count). The second-order valence-corrected chi connectivity index (χ2v) is 3.97. The number of ether oxygens (including phenoxy) is 1. The van der Waals surface area contributed by atoms with E-state index in [2.05, 4.69) is 16.6 Å². The van der Waals surface area contributed by atoms with Gasteiger partial charge in [0.15, 0.2) is 0 Å². The van der Waals surface area contributed by atoms with Crippen LogP contribution >= 0.6 is 0 Å². The summed E-state index contributed by atoms with van der Waals surface area (Å²) in [6, 6.07) is 5.79. The van der Waals surface area contributed by atoms with E-state index in [-0.39, 0.29) is 17.9 Å². The van der Waals surface area contributed by atoms with Gasteiger partial charge in [-0.1, -0.05) is 24.3 Å². The van der Waals surface area contributed by atoms with Gasteiger partial charge in [0.1, 0.15) is 11.3 Å². The van der Waals surface area contributed by atoms with Gasteiger partial charge in [-0.3, -0.25) is 5.32 Å². The Morgan fingerprint density at radius 3 is 2.74 bits per heavy atom. The zero-order valence-electron chi connectivity index (χ0n) is 10.4. The fraction of sp³-hybridized carbons (Fsp3) is 0.308. The summed E-state index contributed by atoms with van der Waals surface area (Å²) in [6.45, 7) is 2.06. The Morgan fingerprint density at radius 2 is 2.21 bits per heavy atom. The number of nitrogens with one attached hydrogen (secondary N) is 1. The summed E-state index contributed by atoms with van der Waals surface area (Å²) < 4.78 is 29.0. The van der Waals surface area contributed by atoms with Crippen molar-refractivity contribution in [1.29, 1.82) is 0 Å². The SMILES string of the molecule is C=CCNC(C)(C(=O)O)c1ccccc1OC(F)F. The van der Waals surface area contributed by atoms with E-state index in [1.165, 1.54) is 31.2 Å². The largest absolute Gasteiger partial charge is 0.480 e. The minimum atomic E-state index is -3.02. The Bertz CT molecular complexity index is 465. The molecule has 0 saturated carbocycles. The standard InChI is InChI=1S/C13H15F2NO3/c1-3-8-16-13(2,11(17)18)9-6-4-5-7-10(9)19-12(14)15/h3-7,12,16H,1,8H2,2H3,(H,17,18). The number of halogens is 2. The molecule has 0 aliphatic heterocycles. The summed E-state index contributed by atoms with van der Waals surface area (Å²) in [6.07, 6.45) is 1.48. The Hall–Kier alpha value is -1.95. The quantitative estimate of drug-likeness (QED) is 0.747. The molecular weight excluding hydrogens is 256 g/mol. The molecule has 6 heteroatoms. The first-order valence-corrected chi connectivity index (χ1v) is 5.55. The summed E-state index contributed by atoms with van der Waals surface area (Å²) in [7, 11) is 0. The molecule has 104 valence electrons. The van der Waals surface area contributed by atoms with Crippen LogP contribution in [0, 0.1) is 0 Å². The maximum absolute atomic E-state index is 12.3. The molecule has 0 bridgehead atoms. The molecule has 4 nitrogen and oxygen atoms in total. The van der Waals surface area contributed by atoms with Gasteiger partial charge < -0.3 is 9.84 Å². The fourth-order valence-corrected chi connectivity index (χ4v) is 1.64. The maximum Gasteiger partial charge on any atom is 0.387 e. The molecule has 1 unspecified atom stereocenters. The first-order chi connectivity index (χ1) is 8.91. The topological polar surface area (TPSA) is 58.6 Å². The number of aliphatic carboxylic acids is 1. The van der Waals surface area contributed by atoms with Crippen LogP contribution in [0.5, 0.6) is 5.75 Å². The van der Waals surface area contributed by atoms with Crippen molar-refractivity contribution in [3.63, 3.8) is 0 Å². The average Bonchev–Trinajstić information content (AvgIpc) is 2.35. The van der Waals surface area contributed by atoms with Crippen molar-refractivity contribution >= 4 is 5.97 Å². The second-order valence-electron chi connectivity index (χ2n) is 3.97. The number of para-hydroxylation sites is 1. The van der Waals surface area contributed by atoms with Crippen molar-refractivity contribution < 1.29 is 23.4 Å². The molecule has 1 aromatic carbocycles. The zero-order valence-corrected chi connectivity index (χ0v) is 10.4. The number of hydrogen-bond donors (Lipinski definition) is 2. The van der Waals surface area contributed by atoms with Crippen LogP contribution < -0.4 is 10.1 Å². The van der Waals surface area contributed by atoms with Gasteiger partial charge in [-0.05, 0) is 13.0 Å². The number of rotatable bonds is 7. The Labute approximate surface area is 109 Å². The van der Waals surface area contributed by atoms with Gasteiger partial charge in [-0.25, -0.2) is 4.79 Å². The third-order valence-electron chi connectivity index (χ3n) is 2.67. The van der Waals surface area contributed by atoms with E-state index < -0.39 is 18.1 Å². The van der Waals surface area contributed by atoms with Gasteiger partial charge >= 0.3 is 12.6 Å². The summed E-state index contributed by atoms with van der Waals surface area (Å²) in [4.78, 5) is 11.4. The number of benzene rings is 1. The molecule has 1 atom stereocenters. The summed E-state index contributed by atoms with van der Waals surface area (Å²) in [5.41, 5.74) is -1.41. The van der Waals surface area contributed by atoms with E-state index in [4.69, 9.17) is 0 Å². The summed E-state index contributed by atoms with van der Waals surface area (Å²) in [5.74, 6) is -1.36. The van der Waals surface area contributed by atoms with E-state index in [1.807, 2.05) is 0 Å². The Morgan fingerprint density at radius 1 is 1.58 bits per heavy atom. The predicted octanol–water partition coefficient (Wildman–Crippen LogP) is 2.36. The molecule has 0 radical (unpaired) electrons. The van der Waals surface area contributed by atoms with Crippen molar-refractivity contribution in [2.45, 2.75) is 19.1 Å². The van der Waals surface area contributed by atoms with Crippen LogP contribution in [0.1, 0.15) is 12.5 Å². The van der Waals surface area contributed by atoms with Gasteiger partial charge in [0.2, 0.25) is 0 Å². The third-order valence-corrected chi connectivity index (χ3v) is 2.67. The number of alkyl halides is 2. The summed E-state index contributed by atoms with van der Waals surface area (Å²) >= 11 is 0. The number of carboxylic acid groups (broad SMARTS) is 1. The van der Waals surface area contributed by atoms with Gasteiger partial charge in [0.05, 0.1) is 0 Å². The van der Waals surface area contributed by atoms with Gasteiger partial charge in [-0.15, -0.1) is 6.58 Å². The third kappa shape index (κ3) is 3.51. The Balaban J connectivity index is 3.22. The minimum Gasteiger partial charge on any atom is -0.480 e. The first-order valence-electron chi connectivity index (χ1n) is 5.55. The highest BCUT2D eigenvalue weighted by Gasteiger charge is 2.37. The molecule has 2 N–H and O–H groups in total. The van der Waals surface area contributed by atoms with Crippen molar-refractivity contribution in [3.05, 3.63) is 42.5 Å². The van der Waals surface area contributed by atoms with Crippen LogP contribution in [0.15, 0.2) is 36.9 Å². The molecule has 0 aliphatic carbocycles. The van der Waals surface area contributed by atoms with Gasteiger partial charge in [0.25, 0.3) is 0 Å².